The molecule has 2 aromatic carbocycles. The Morgan fingerprint density at radius 2 is 1.69 bits per heavy atom. The highest BCUT2D eigenvalue weighted by Gasteiger charge is 2.50. The summed E-state index contributed by atoms with van der Waals surface area (Å²) in [7, 11) is 0. The highest BCUT2D eigenvalue weighted by Crippen LogP contribution is 2.42. The van der Waals surface area contributed by atoms with Crippen LogP contribution in [0.4, 0.5) is 5.69 Å². The molecule has 148 valence electrons. The van der Waals surface area contributed by atoms with Gasteiger partial charge in [-0.3, -0.25) is 9.59 Å². The van der Waals surface area contributed by atoms with E-state index in [2.05, 4.69) is 6.92 Å². The van der Waals surface area contributed by atoms with Crippen LogP contribution < -0.4 is 4.90 Å². The van der Waals surface area contributed by atoms with Crippen molar-refractivity contribution < 1.29 is 14.7 Å². The number of ketones is 1. The molecule has 4 rings (SSSR count). The summed E-state index contributed by atoms with van der Waals surface area (Å²) in [6, 6.07) is 18.3. The summed E-state index contributed by atoms with van der Waals surface area (Å²) in [5, 5.41) is 11.3. The number of rotatable bonds is 7. The highest BCUT2D eigenvalue weighted by molar-refractivity contribution is 6.10. The van der Waals surface area contributed by atoms with E-state index in [0.717, 1.165) is 18.5 Å². The molecule has 0 radical (unpaired) electrons. The number of nitrogens with zero attached hydrogens (tertiary/aromatic N) is 2. The smallest absolute Gasteiger partial charge is 0.264 e. The number of anilines is 1. The Morgan fingerprint density at radius 1 is 1.00 bits per heavy atom. The van der Waals surface area contributed by atoms with E-state index < -0.39 is 11.5 Å². The van der Waals surface area contributed by atoms with Crippen molar-refractivity contribution in [3.63, 3.8) is 0 Å². The molecule has 0 saturated heterocycles. The van der Waals surface area contributed by atoms with Crippen molar-refractivity contribution in [2.75, 3.05) is 11.4 Å². The number of hydrogen-bond acceptors (Lipinski definition) is 3. The van der Waals surface area contributed by atoms with Crippen LogP contribution in [0.2, 0.25) is 0 Å². The molecule has 1 N–H and O–H groups in total. The van der Waals surface area contributed by atoms with Crippen molar-refractivity contribution in [1.82, 2.24) is 4.57 Å². The molecule has 5 heteroatoms. The number of fused-ring (bicyclic) bond motifs is 1. The third-order valence-corrected chi connectivity index (χ3v) is 5.48. The van der Waals surface area contributed by atoms with E-state index in [1.807, 2.05) is 53.4 Å². The van der Waals surface area contributed by atoms with Gasteiger partial charge < -0.3 is 14.6 Å². The molecule has 0 bridgehead atoms. The van der Waals surface area contributed by atoms with Crippen LogP contribution in [-0.4, -0.2) is 27.9 Å². The van der Waals surface area contributed by atoms with E-state index in [0.29, 0.717) is 23.4 Å². The molecule has 0 unspecified atom stereocenters. The zero-order valence-corrected chi connectivity index (χ0v) is 16.4. The van der Waals surface area contributed by atoms with Crippen molar-refractivity contribution in [1.29, 1.82) is 0 Å². The van der Waals surface area contributed by atoms with Crippen LogP contribution in [0.1, 0.15) is 42.1 Å². The van der Waals surface area contributed by atoms with Gasteiger partial charge in [-0.05, 0) is 48.9 Å². The Labute approximate surface area is 170 Å². The molecule has 1 amide bonds. The molecule has 3 aromatic rings. The van der Waals surface area contributed by atoms with Gasteiger partial charge in [-0.15, -0.1) is 0 Å². The number of aromatic nitrogens is 1. The molecule has 5 nitrogen and oxygen atoms in total. The maximum atomic E-state index is 13.1. The number of amides is 1. The first-order chi connectivity index (χ1) is 14.0. The third-order valence-electron chi connectivity index (χ3n) is 5.48. The second-order valence-corrected chi connectivity index (χ2v) is 7.42. The average molecular weight is 388 g/mol. The average Bonchev–Trinajstić information content (AvgIpc) is 3.34. The summed E-state index contributed by atoms with van der Waals surface area (Å²) in [5.74, 6) is -0.670. The summed E-state index contributed by atoms with van der Waals surface area (Å²) < 4.78 is 1.95. The van der Waals surface area contributed by atoms with Gasteiger partial charge in [0.15, 0.2) is 11.4 Å². The zero-order valence-electron chi connectivity index (χ0n) is 16.4. The number of hydrogen-bond donors (Lipinski definition) is 1. The molecule has 1 aliphatic rings. The first-order valence-corrected chi connectivity index (χ1v) is 9.95. The van der Waals surface area contributed by atoms with Crippen LogP contribution in [0.25, 0.3) is 5.69 Å². The van der Waals surface area contributed by atoms with Crippen LogP contribution in [0, 0.1) is 0 Å². The van der Waals surface area contributed by atoms with Gasteiger partial charge in [0.2, 0.25) is 0 Å². The summed E-state index contributed by atoms with van der Waals surface area (Å²) in [4.78, 5) is 27.6. The second kappa shape index (κ2) is 7.68. The fraction of sp³-hybridized carbons (Fsp3) is 0.250. The lowest BCUT2D eigenvalue weighted by Crippen LogP contribution is -2.42. The van der Waals surface area contributed by atoms with E-state index in [9.17, 15) is 14.7 Å². The van der Waals surface area contributed by atoms with Crippen LogP contribution in [-0.2, 0) is 10.4 Å². The number of aliphatic hydroxyl groups is 1. The topological polar surface area (TPSA) is 62.5 Å². The van der Waals surface area contributed by atoms with Crippen molar-refractivity contribution >= 4 is 17.4 Å². The van der Waals surface area contributed by atoms with Crippen molar-refractivity contribution in [3.05, 3.63) is 84.2 Å². The molecular weight excluding hydrogens is 364 g/mol. The number of carbonyl (C=O) groups is 2. The Hall–Kier alpha value is -3.18. The molecule has 29 heavy (non-hydrogen) atoms. The quantitative estimate of drug-likeness (QED) is 0.620. The maximum Gasteiger partial charge on any atom is 0.264 e. The van der Waals surface area contributed by atoms with E-state index in [1.54, 1.807) is 29.2 Å². The fourth-order valence-corrected chi connectivity index (χ4v) is 3.88. The lowest BCUT2D eigenvalue weighted by atomic mass is 9.88. The Bertz CT molecular complexity index is 1020. The molecule has 2 heterocycles. The summed E-state index contributed by atoms with van der Waals surface area (Å²) in [5.41, 5.74) is 0.813. The van der Waals surface area contributed by atoms with Gasteiger partial charge in [-0.1, -0.05) is 31.5 Å². The number of unbranched alkanes of at least 4 members (excludes halogenated alkanes) is 1. The number of para-hydroxylation sites is 1. The number of benzene rings is 2. The maximum absolute atomic E-state index is 13.1. The van der Waals surface area contributed by atoms with E-state index in [1.165, 1.54) is 0 Å². The molecule has 1 aliphatic heterocycles. The Morgan fingerprint density at radius 3 is 2.38 bits per heavy atom. The van der Waals surface area contributed by atoms with Crippen molar-refractivity contribution in [2.24, 2.45) is 0 Å². The first-order valence-electron chi connectivity index (χ1n) is 9.95. The third kappa shape index (κ3) is 3.38. The van der Waals surface area contributed by atoms with Crippen LogP contribution in [0.3, 0.4) is 0 Å². The molecule has 0 fully saturated rings. The SMILES string of the molecule is CCCCN1C(=O)[C@@](O)(CC(=O)c2ccc(-n3cccc3)cc2)c2ccccc21. The summed E-state index contributed by atoms with van der Waals surface area (Å²) in [6.07, 6.45) is 5.37. The van der Waals surface area contributed by atoms with Gasteiger partial charge in [0, 0.05) is 35.8 Å². The summed E-state index contributed by atoms with van der Waals surface area (Å²) in [6.45, 7) is 2.59. The van der Waals surface area contributed by atoms with Crippen molar-refractivity contribution in [2.45, 2.75) is 31.8 Å². The van der Waals surface area contributed by atoms with Gasteiger partial charge in [0.1, 0.15) is 0 Å². The van der Waals surface area contributed by atoms with Gasteiger partial charge in [-0.2, -0.15) is 0 Å². The molecule has 0 aliphatic carbocycles. The Balaban J connectivity index is 1.59. The predicted molar refractivity (Wildman–Crippen MR) is 112 cm³/mol. The molecule has 1 aromatic heterocycles. The van der Waals surface area contributed by atoms with Gasteiger partial charge in [0.05, 0.1) is 12.1 Å². The minimum atomic E-state index is -1.82. The number of Topliss-reactive ketones (excluding diaryl/α,β-unsaturated/α-hetero) is 1. The van der Waals surface area contributed by atoms with E-state index >= 15 is 0 Å². The minimum absolute atomic E-state index is 0.257. The second-order valence-electron chi connectivity index (χ2n) is 7.42. The lowest BCUT2D eigenvalue weighted by Gasteiger charge is -2.22. The first kappa shape index (κ1) is 19.2. The largest absolute Gasteiger partial charge is 0.375 e. The lowest BCUT2D eigenvalue weighted by molar-refractivity contribution is -0.135. The van der Waals surface area contributed by atoms with Gasteiger partial charge >= 0.3 is 0 Å². The Kier molecular flexibility index (Phi) is 5.07. The molecular formula is C24H24N2O3. The van der Waals surface area contributed by atoms with Crippen LogP contribution in [0.5, 0.6) is 0 Å². The molecule has 0 saturated carbocycles. The summed E-state index contributed by atoms with van der Waals surface area (Å²) >= 11 is 0. The minimum Gasteiger partial charge on any atom is -0.375 e. The molecule has 1 atom stereocenters. The van der Waals surface area contributed by atoms with Crippen molar-refractivity contribution in [3.8, 4) is 5.69 Å². The normalized spacial score (nSPS) is 18.1. The molecule has 0 spiro atoms. The van der Waals surface area contributed by atoms with Crippen LogP contribution in [0.15, 0.2) is 73.1 Å². The van der Waals surface area contributed by atoms with Crippen LogP contribution >= 0.6 is 0 Å². The monoisotopic (exact) mass is 388 g/mol. The van der Waals surface area contributed by atoms with E-state index in [-0.39, 0.29) is 12.2 Å². The number of carbonyl (C=O) groups excluding carboxylic acids is 2. The van der Waals surface area contributed by atoms with E-state index in [4.69, 9.17) is 0 Å². The standard InChI is InChI=1S/C24H24N2O3/c1-2-3-16-26-21-9-5-4-8-20(21)24(29,23(26)28)17-22(27)18-10-12-19(13-11-18)25-14-6-7-15-25/h4-15,29H,2-3,16-17H2,1H3/t24-/m1/s1. The highest BCUT2D eigenvalue weighted by atomic mass is 16.3. The van der Waals surface area contributed by atoms with Gasteiger partial charge in [0.25, 0.3) is 5.91 Å². The fourth-order valence-electron chi connectivity index (χ4n) is 3.88. The predicted octanol–water partition coefficient (Wildman–Crippen LogP) is 4.08. The van der Waals surface area contributed by atoms with Gasteiger partial charge in [-0.25, -0.2) is 0 Å². The zero-order chi connectivity index (χ0) is 20.4.